The molecule has 2 aromatic carbocycles. The van der Waals surface area contributed by atoms with Gasteiger partial charge in [0.25, 0.3) is 0 Å². The summed E-state index contributed by atoms with van der Waals surface area (Å²) in [7, 11) is 0. The second-order valence-corrected chi connectivity index (χ2v) is 6.73. The van der Waals surface area contributed by atoms with Gasteiger partial charge in [0, 0.05) is 25.0 Å². The normalized spacial score (nSPS) is 20.6. The van der Waals surface area contributed by atoms with E-state index in [1.54, 1.807) is 0 Å². The summed E-state index contributed by atoms with van der Waals surface area (Å²) < 4.78 is 5.59. The van der Waals surface area contributed by atoms with E-state index in [0.717, 1.165) is 6.54 Å². The summed E-state index contributed by atoms with van der Waals surface area (Å²) in [5.41, 5.74) is 8.30. The molecule has 0 bridgehead atoms. The highest BCUT2D eigenvalue weighted by atomic mass is 35.5. The number of likely N-dealkylation sites (tertiary alicyclic amines) is 1. The van der Waals surface area contributed by atoms with Gasteiger partial charge < -0.3 is 15.8 Å². The van der Waals surface area contributed by atoms with Crippen LogP contribution in [-0.2, 0) is 4.79 Å². The maximum absolute atomic E-state index is 12.8. The highest BCUT2D eigenvalue weighted by Gasteiger charge is 2.35. The first-order chi connectivity index (χ1) is 12.6. The Kier molecular flexibility index (Phi) is 7.66. The maximum atomic E-state index is 12.8. The Labute approximate surface area is 167 Å². The van der Waals surface area contributed by atoms with Crippen LogP contribution in [0, 0.1) is 0 Å². The van der Waals surface area contributed by atoms with E-state index in [1.165, 1.54) is 5.56 Å². The number of rotatable bonds is 6. The lowest BCUT2D eigenvalue weighted by atomic mass is 9.95. The molecule has 3 N–H and O–H groups in total. The van der Waals surface area contributed by atoms with Crippen molar-refractivity contribution in [2.24, 2.45) is 5.73 Å². The molecule has 2 aromatic rings. The van der Waals surface area contributed by atoms with Crippen molar-refractivity contribution in [1.29, 1.82) is 0 Å². The third kappa shape index (κ3) is 5.01. The number of nitrogens with two attached hydrogens (primary N) is 1. The van der Waals surface area contributed by atoms with Gasteiger partial charge in [0.2, 0.25) is 5.91 Å². The SMILES string of the molecule is CCOc1ccccc1NC(=O)C(C)N1C[C@@H](N)[C@H](c2ccccc2)C1.Cl. The summed E-state index contributed by atoms with van der Waals surface area (Å²) in [6.45, 7) is 5.91. The fourth-order valence-corrected chi connectivity index (χ4v) is 3.48. The first-order valence-electron chi connectivity index (χ1n) is 9.17. The molecule has 0 saturated carbocycles. The molecule has 1 heterocycles. The van der Waals surface area contributed by atoms with E-state index in [-0.39, 0.29) is 36.3 Å². The molecule has 1 aliphatic rings. The third-order valence-corrected chi connectivity index (χ3v) is 4.99. The summed E-state index contributed by atoms with van der Waals surface area (Å²) in [4.78, 5) is 14.9. The Morgan fingerprint density at radius 2 is 1.85 bits per heavy atom. The number of hydrogen-bond donors (Lipinski definition) is 2. The minimum atomic E-state index is -0.260. The number of para-hydroxylation sites is 2. The van der Waals surface area contributed by atoms with E-state index in [1.807, 2.05) is 56.3 Å². The fraction of sp³-hybridized carbons (Fsp3) is 0.381. The Morgan fingerprint density at radius 3 is 2.56 bits per heavy atom. The molecule has 6 heteroatoms. The molecule has 3 rings (SSSR count). The fourth-order valence-electron chi connectivity index (χ4n) is 3.48. The molecular weight excluding hydrogens is 362 g/mol. The van der Waals surface area contributed by atoms with Crippen molar-refractivity contribution >= 4 is 24.0 Å². The molecule has 0 aromatic heterocycles. The molecule has 5 nitrogen and oxygen atoms in total. The van der Waals surface area contributed by atoms with E-state index in [2.05, 4.69) is 22.3 Å². The minimum absolute atomic E-state index is 0. The predicted molar refractivity (Wildman–Crippen MR) is 112 cm³/mol. The maximum Gasteiger partial charge on any atom is 0.241 e. The number of anilines is 1. The van der Waals surface area contributed by atoms with E-state index < -0.39 is 0 Å². The van der Waals surface area contributed by atoms with Gasteiger partial charge in [-0.15, -0.1) is 12.4 Å². The standard InChI is InChI=1S/C21H27N3O2.ClH/c1-3-26-20-12-8-7-11-19(20)23-21(25)15(2)24-13-17(18(22)14-24)16-9-5-4-6-10-16;/h4-12,15,17-18H,3,13-14,22H2,1-2H3,(H,23,25);1H/t15?,17-,18+;/m0./s1. The van der Waals surface area contributed by atoms with E-state index in [9.17, 15) is 4.79 Å². The lowest BCUT2D eigenvalue weighted by Crippen LogP contribution is -2.41. The van der Waals surface area contributed by atoms with Gasteiger partial charge in [0.1, 0.15) is 5.75 Å². The van der Waals surface area contributed by atoms with Gasteiger partial charge in [0.15, 0.2) is 0 Å². The van der Waals surface area contributed by atoms with Crippen LogP contribution in [0.2, 0.25) is 0 Å². The van der Waals surface area contributed by atoms with Gasteiger partial charge >= 0.3 is 0 Å². The lowest BCUT2D eigenvalue weighted by Gasteiger charge is -2.24. The molecule has 1 aliphatic heterocycles. The van der Waals surface area contributed by atoms with E-state index in [0.29, 0.717) is 24.6 Å². The van der Waals surface area contributed by atoms with Crippen molar-refractivity contribution in [3.63, 3.8) is 0 Å². The monoisotopic (exact) mass is 389 g/mol. The molecule has 27 heavy (non-hydrogen) atoms. The van der Waals surface area contributed by atoms with Crippen LogP contribution in [-0.4, -0.2) is 42.6 Å². The Hall–Kier alpha value is -2.08. The van der Waals surface area contributed by atoms with Crippen molar-refractivity contribution in [3.05, 3.63) is 60.2 Å². The Balaban J connectivity index is 0.00000261. The van der Waals surface area contributed by atoms with Crippen LogP contribution in [0.1, 0.15) is 25.3 Å². The van der Waals surface area contributed by atoms with Gasteiger partial charge in [-0.2, -0.15) is 0 Å². The number of hydrogen-bond acceptors (Lipinski definition) is 4. The predicted octanol–water partition coefficient (Wildman–Crippen LogP) is 3.26. The molecule has 1 amide bonds. The number of benzene rings is 2. The minimum Gasteiger partial charge on any atom is -0.492 e. The molecule has 0 aliphatic carbocycles. The number of halogens is 1. The molecule has 1 unspecified atom stereocenters. The average Bonchev–Trinajstić information content (AvgIpc) is 3.05. The zero-order chi connectivity index (χ0) is 18.5. The Morgan fingerprint density at radius 1 is 1.19 bits per heavy atom. The van der Waals surface area contributed by atoms with E-state index >= 15 is 0 Å². The highest BCUT2D eigenvalue weighted by molar-refractivity contribution is 5.95. The molecule has 1 saturated heterocycles. The number of carbonyl (C=O) groups excluding carboxylic acids is 1. The average molecular weight is 390 g/mol. The van der Waals surface area contributed by atoms with Crippen LogP contribution in [0.25, 0.3) is 0 Å². The van der Waals surface area contributed by atoms with Crippen LogP contribution in [0.5, 0.6) is 5.75 Å². The summed E-state index contributed by atoms with van der Waals surface area (Å²) in [6, 6.07) is 17.6. The van der Waals surface area contributed by atoms with Crippen LogP contribution in [0.4, 0.5) is 5.69 Å². The molecule has 1 fully saturated rings. The number of carbonyl (C=O) groups is 1. The smallest absolute Gasteiger partial charge is 0.241 e. The van der Waals surface area contributed by atoms with Gasteiger partial charge in [-0.05, 0) is 31.5 Å². The number of amides is 1. The van der Waals surface area contributed by atoms with Crippen LogP contribution < -0.4 is 15.8 Å². The van der Waals surface area contributed by atoms with Gasteiger partial charge in [-0.25, -0.2) is 0 Å². The van der Waals surface area contributed by atoms with Crippen LogP contribution >= 0.6 is 12.4 Å². The molecule has 0 radical (unpaired) electrons. The number of nitrogens with zero attached hydrogens (tertiary/aromatic N) is 1. The first-order valence-corrected chi connectivity index (χ1v) is 9.17. The van der Waals surface area contributed by atoms with Crippen molar-refractivity contribution in [3.8, 4) is 5.75 Å². The number of nitrogens with one attached hydrogen (secondary N) is 1. The zero-order valence-electron chi connectivity index (χ0n) is 15.8. The zero-order valence-corrected chi connectivity index (χ0v) is 16.6. The van der Waals surface area contributed by atoms with E-state index in [4.69, 9.17) is 10.5 Å². The first kappa shape index (κ1) is 21.2. The van der Waals surface area contributed by atoms with Crippen LogP contribution in [0.3, 0.4) is 0 Å². The summed E-state index contributed by atoms with van der Waals surface area (Å²) >= 11 is 0. The van der Waals surface area contributed by atoms with Crippen molar-refractivity contribution in [2.75, 3.05) is 25.0 Å². The summed E-state index contributed by atoms with van der Waals surface area (Å²) in [5.74, 6) is 0.899. The molecular formula is C21H28ClN3O2. The van der Waals surface area contributed by atoms with Gasteiger partial charge in [-0.1, -0.05) is 42.5 Å². The second kappa shape index (κ2) is 9.74. The van der Waals surface area contributed by atoms with Gasteiger partial charge in [0.05, 0.1) is 18.3 Å². The molecule has 146 valence electrons. The number of ether oxygens (including phenoxy) is 1. The van der Waals surface area contributed by atoms with Crippen LogP contribution in [0.15, 0.2) is 54.6 Å². The summed E-state index contributed by atoms with van der Waals surface area (Å²) in [5, 5.41) is 3.00. The van der Waals surface area contributed by atoms with Gasteiger partial charge in [-0.3, -0.25) is 9.69 Å². The van der Waals surface area contributed by atoms with Crippen molar-refractivity contribution < 1.29 is 9.53 Å². The van der Waals surface area contributed by atoms with Crippen molar-refractivity contribution in [1.82, 2.24) is 4.90 Å². The highest BCUT2D eigenvalue weighted by Crippen LogP contribution is 2.29. The van der Waals surface area contributed by atoms with Crippen molar-refractivity contribution in [2.45, 2.75) is 31.8 Å². The quantitative estimate of drug-likeness (QED) is 0.795. The lowest BCUT2D eigenvalue weighted by molar-refractivity contribution is -0.120. The largest absolute Gasteiger partial charge is 0.492 e. The topological polar surface area (TPSA) is 67.6 Å². The second-order valence-electron chi connectivity index (χ2n) is 6.73. The third-order valence-electron chi connectivity index (χ3n) is 4.99. The molecule has 0 spiro atoms. The Bertz CT molecular complexity index is 741. The summed E-state index contributed by atoms with van der Waals surface area (Å²) in [6.07, 6.45) is 0. The molecule has 3 atom stereocenters.